The molecule has 0 aromatic heterocycles. The van der Waals surface area contributed by atoms with Crippen LogP contribution in [0, 0.1) is 13.8 Å². The van der Waals surface area contributed by atoms with Crippen LogP contribution in [0.15, 0.2) is 97.2 Å². The summed E-state index contributed by atoms with van der Waals surface area (Å²) in [4.78, 5) is 0. The molecule has 0 fully saturated rings. The Morgan fingerprint density at radius 3 is 1.69 bits per heavy atom. The molecule has 3 aromatic carbocycles. The molecule has 0 nitrogen and oxygen atoms in total. The summed E-state index contributed by atoms with van der Waals surface area (Å²) in [6, 6.07) is 27.8. The van der Waals surface area contributed by atoms with E-state index in [2.05, 4.69) is 99.0 Å². The fourth-order valence-corrected chi connectivity index (χ4v) is 2.93. The van der Waals surface area contributed by atoms with Gasteiger partial charge in [-0.2, -0.15) is 0 Å². The number of hydrogen-bond acceptors (Lipinski definition) is 0. The monoisotopic (exact) mass is 336 g/mol. The Kier molecular flexibility index (Phi) is 5.69. The summed E-state index contributed by atoms with van der Waals surface area (Å²) < 4.78 is 0. The van der Waals surface area contributed by atoms with Crippen LogP contribution in [0.4, 0.5) is 0 Å². The first-order valence-electron chi connectivity index (χ1n) is 8.97. The minimum atomic E-state index is 0.783. The molecule has 0 saturated carbocycles. The van der Waals surface area contributed by atoms with Crippen molar-refractivity contribution in [2.75, 3.05) is 0 Å². The number of aryl methyl sites for hydroxylation is 2. The van der Waals surface area contributed by atoms with Gasteiger partial charge in [-0.15, -0.1) is 12.3 Å². The van der Waals surface area contributed by atoms with Crippen molar-refractivity contribution in [2.45, 2.75) is 20.3 Å². The Hall–Kier alpha value is -3.08. The van der Waals surface area contributed by atoms with Gasteiger partial charge in [-0.25, -0.2) is 0 Å². The maximum Gasteiger partial charge on any atom is 0.0312 e. The van der Waals surface area contributed by atoms with Gasteiger partial charge in [0.25, 0.3) is 0 Å². The van der Waals surface area contributed by atoms with Crippen molar-refractivity contribution in [3.63, 3.8) is 0 Å². The molecule has 0 heteroatoms. The zero-order valence-electron chi connectivity index (χ0n) is 15.5. The molecule has 0 heterocycles. The predicted molar refractivity (Wildman–Crippen MR) is 113 cm³/mol. The maximum absolute atomic E-state index is 3.93. The van der Waals surface area contributed by atoms with E-state index in [-0.39, 0.29) is 0 Å². The Morgan fingerprint density at radius 2 is 1.23 bits per heavy atom. The average molecular weight is 336 g/mol. The lowest BCUT2D eigenvalue weighted by Gasteiger charge is -2.09. The topological polar surface area (TPSA) is 0 Å². The number of hydrogen-bond donors (Lipinski definition) is 0. The largest absolute Gasteiger partial charge is 0.107 e. The molecule has 3 aromatic rings. The highest BCUT2D eigenvalue weighted by Gasteiger charge is 2.07. The van der Waals surface area contributed by atoms with Gasteiger partial charge < -0.3 is 0 Å². The van der Waals surface area contributed by atoms with E-state index in [9.17, 15) is 0 Å². The van der Waals surface area contributed by atoms with Crippen molar-refractivity contribution >= 4 is 11.1 Å². The molecule has 0 spiro atoms. The second-order valence-electron chi connectivity index (χ2n) is 6.57. The van der Waals surface area contributed by atoms with E-state index in [1.807, 2.05) is 12.1 Å². The van der Waals surface area contributed by atoms with Crippen molar-refractivity contribution in [1.82, 2.24) is 0 Å². The Bertz CT molecular complexity index is 886. The molecule has 26 heavy (non-hydrogen) atoms. The molecule has 0 aliphatic heterocycles. The molecule has 0 unspecified atom stereocenters. The number of benzene rings is 3. The van der Waals surface area contributed by atoms with Gasteiger partial charge in [0.15, 0.2) is 0 Å². The van der Waals surface area contributed by atoms with E-state index >= 15 is 0 Å². The van der Waals surface area contributed by atoms with Gasteiger partial charge in [0.2, 0.25) is 0 Å². The molecule has 3 rings (SSSR count). The standard InChI is InChI=1S/C26H24/c1-4-8-25(22-9-6-5-7-10-22)19-26(23-15-11-20(2)12-16-23)24-17-13-21(3)14-18-24/h4-7,9-18H,1,8H2,2-3H3. The first-order valence-corrected chi connectivity index (χ1v) is 8.97. The maximum atomic E-state index is 3.93. The Labute approximate surface area is 156 Å². The molecule has 0 atom stereocenters. The summed E-state index contributed by atoms with van der Waals surface area (Å²) in [5, 5.41) is 0. The minimum Gasteiger partial charge on any atom is -0.107 e. The van der Waals surface area contributed by atoms with Crippen LogP contribution in [0.25, 0.3) is 11.1 Å². The van der Waals surface area contributed by atoms with Crippen LogP contribution in [-0.4, -0.2) is 0 Å². The van der Waals surface area contributed by atoms with E-state index in [0.29, 0.717) is 0 Å². The summed E-state index contributed by atoms with van der Waals surface area (Å²) in [5.41, 5.74) is 12.0. The van der Waals surface area contributed by atoms with Crippen LogP contribution >= 0.6 is 0 Å². The van der Waals surface area contributed by atoms with Crippen LogP contribution < -0.4 is 0 Å². The molecule has 0 amide bonds. The lowest BCUT2D eigenvalue weighted by molar-refractivity contribution is 1.40. The van der Waals surface area contributed by atoms with Gasteiger partial charge in [0.05, 0.1) is 0 Å². The minimum absolute atomic E-state index is 0.783. The van der Waals surface area contributed by atoms with Gasteiger partial charge in [-0.1, -0.05) is 96.1 Å². The molecule has 0 saturated heterocycles. The first-order chi connectivity index (χ1) is 12.7. The van der Waals surface area contributed by atoms with Gasteiger partial charge in [0, 0.05) is 11.1 Å². The fourth-order valence-electron chi connectivity index (χ4n) is 2.93. The first kappa shape index (κ1) is 17.7. The molecular weight excluding hydrogens is 312 g/mol. The Balaban J connectivity index is 2.26. The van der Waals surface area contributed by atoms with Gasteiger partial charge in [-0.05, 0) is 37.0 Å². The van der Waals surface area contributed by atoms with Crippen LogP contribution in [0.5, 0.6) is 0 Å². The van der Waals surface area contributed by atoms with Gasteiger partial charge in [-0.3, -0.25) is 0 Å². The quantitative estimate of drug-likeness (QED) is 0.348. The van der Waals surface area contributed by atoms with E-state index in [4.69, 9.17) is 0 Å². The molecule has 0 radical (unpaired) electrons. The third kappa shape index (κ3) is 4.30. The van der Waals surface area contributed by atoms with Crippen molar-refractivity contribution in [2.24, 2.45) is 0 Å². The molecule has 0 N–H and O–H groups in total. The zero-order chi connectivity index (χ0) is 18.4. The van der Waals surface area contributed by atoms with Crippen molar-refractivity contribution in [3.05, 3.63) is 125 Å². The van der Waals surface area contributed by atoms with Crippen LogP contribution in [0.2, 0.25) is 0 Å². The van der Waals surface area contributed by atoms with E-state index in [1.54, 1.807) is 0 Å². The van der Waals surface area contributed by atoms with E-state index in [1.165, 1.54) is 27.8 Å². The SMILES string of the molecule is C=CCC(=C=C(c1ccc(C)cc1)c1ccc(C)cc1)c1ccccc1. The second-order valence-corrected chi connectivity index (χ2v) is 6.57. The van der Waals surface area contributed by atoms with Crippen LogP contribution in [0.3, 0.4) is 0 Å². The molecule has 128 valence electrons. The highest BCUT2D eigenvalue weighted by Crippen LogP contribution is 2.27. The smallest absolute Gasteiger partial charge is 0.0312 e. The van der Waals surface area contributed by atoms with Crippen molar-refractivity contribution in [3.8, 4) is 0 Å². The third-order valence-corrected chi connectivity index (χ3v) is 4.43. The third-order valence-electron chi connectivity index (χ3n) is 4.43. The number of rotatable bonds is 5. The lowest BCUT2D eigenvalue weighted by atomic mass is 9.94. The zero-order valence-corrected chi connectivity index (χ0v) is 15.5. The van der Waals surface area contributed by atoms with Gasteiger partial charge >= 0.3 is 0 Å². The van der Waals surface area contributed by atoms with Gasteiger partial charge in [0.1, 0.15) is 0 Å². The van der Waals surface area contributed by atoms with Crippen LogP contribution in [0.1, 0.15) is 34.2 Å². The summed E-state index contributed by atoms with van der Waals surface area (Å²) in [5.74, 6) is 0. The summed E-state index contributed by atoms with van der Waals surface area (Å²) in [6.07, 6.45) is 2.72. The number of allylic oxidation sites excluding steroid dienone is 2. The predicted octanol–water partition coefficient (Wildman–Crippen LogP) is 6.99. The molecular formula is C26H24. The second kappa shape index (κ2) is 8.34. The highest BCUT2D eigenvalue weighted by atomic mass is 14.1. The van der Waals surface area contributed by atoms with Crippen molar-refractivity contribution < 1.29 is 0 Å². The summed E-state index contributed by atoms with van der Waals surface area (Å²) >= 11 is 0. The average Bonchev–Trinajstić information content (AvgIpc) is 2.68. The van der Waals surface area contributed by atoms with E-state index in [0.717, 1.165) is 17.6 Å². The molecule has 0 aliphatic rings. The van der Waals surface area contributed by atoms with Crippen LogP contribution in [-0.2, 0) is 0 Å². The molecule has 0 bridgehead atoms. The fraction of sp³-hybridized carbons (Fsp3) is 0.115. The molecule has 0 aliphatic carbocycles. The normalized spacial score (nSPS) is 10.1. The summed E-state index contributed by atoms with van der Waals surface area (Å²) in [7, 11) is 0. The van der Waals surface area contributed by atoms with Crippen molar-refractivity contribution in [1.29, 1.82) is 0 Å². The highest BCUT2D eigenvalue weighted by molar-refractivity contribution is 5.84. The lowest BCUT2D eigenvalue weighted by Crippen LogP contribution is -1.89. The summed E-state index contributed by atoms with van der Waals surface area (Å²) in [6.45, 7) is 8.16. The van der Waals surface area contributed by atoms with E-state index < -0.39 is 0 Å². The Morgan fingerprint density at radius 1 is 0.731 bits per heavy atom.